The molecule has 0 aliphatic rings. The monoisotopic (exact) mass is 333 g/mol. The average molecular weight is 333 g/mol. The number of rotatable bonds is 7. The van der Waals surface area contributed by atoms with Crippen LogP contribution in [0.25, 0.3) is 0 Å². The maximum absolute atomic E-state index is 12.8. The summed E-state index contributed by atoms with van der Waals surface area (Å²) in [6, 6.07) is 10.0. The standard InChI is InChI=1S/C17H16FNO5/c1-11(20)24-16-7-4-13(10-15(16)17(21)22)19-8-9-23-14-5-2-12(18)3-6-14/h2-7,10,19H,8-9H2,1H3,(H,21,22). The van der Waals surface area contributed by atoms with Gasteiger partial charge in [-0.15, -0.1) is 0 Å². The van der Waals surface area contributed by atoms with Crippen LogP contribution in [0.4, 0.5) is 10.1 Å². The number of nitrogens with one attached hydrogen (secondary N) is 1. The molecule has 24 heavy (non-hydrogen) atoms. The third-order valence-electron chi connectivity index (χ3n) is 2.98. The van der Waals surface area contributed by atoms with Gasteiger partial charge in [-0.25, -0.2) is 9.18 Å². The molecule has 0 unspecified atom stereocenters. The van der Waals surface area contributed by atoms with Crippen LogP contribution in [0, 0.1) is 5.82 Å². The Labute approximate surface area is 137 Å². The van der Waals surface area contributed by atoms with Crippen molar-refractivity contribution in [3.05, 3.63) is 53.8 Å². The molecule has 2 aromatic carbocycles. The largest absolute Gasteiger partial charge is 0.492 e. The van der Waals surface area contributed by atoms with Crippen LogP contribution in [0.15, 0.2) is 42.5 Å². The van der Waals surface area contributed by atoms with E-state index in [9.17, 15) is 19.1 Å². The van der Waals surface area contributed by atoms with Crippen molar-refractivity contribution in [2.75, 3.05) is 18.5 Å². The summed E-state index contributed by atoms with van der Waals surface area (Å²) >= 11 is 0. The van der Waals surface area contributed by atoms with E-state index in [4.69, 9.17) is 9.47 Å². The van der Waals surface area contributed by atoms with Crippen molar-refractivity contribution in [2.45, 2.75) is 6.92 Å². The predicted molar refractivity (Wildman–Crippen MR) is 85.1 cm³/mol. The molecule has 0 atom stereocenters. The second-order valence-corrected chi connectivity index (χ2v) is 4.84. The van der Waals surface area contributed by atoms with Crippen molar-refractivity contribution in [2.24, 2.45) is 0 Å². The van der Waals surface area contributed by atoms with Gasteiger partial charge >= 0.3 is 11.9 Å². The summed E-state index contributed by atoms with van der Waals surface area (Å²) in [5.41, 5.74) is 0.431. The minimum Gasteiger partial charge on any atom is -0.492 e. The third kappa shape index (κ3) is 4.98. The number of halogens is 1. The fourth-order valence-corrected chi connectivity index (χ4v) is 1.95. The molecule has 0 spiro atoms. The molecule has 2 N–H and O–H groups in total. The van der Waals surface area contributed by atoms with Gasteiger partial charge in [-0.2, -0.15) is 0 Å². The Morgan fingerprint density at radius 1 is 1.17 bits per heavy atom. The molecule has 0 amide bonds. The first-order chi connectivity index (χ1) is 11.5. The van der Waals surface area contributed by atoms with E-state index >= 15 is 0 Å². The number of aromatic carboxylic acids is 1. The van der Waals surface area contributed by atoms with Crippen LogP contribution in [-0.2, 0) is 4.79 Å². The van der Waals surface area contributed by atoms with E-state index in [1.165, 1.54) is 43.3 Å². The van der Waals surface area contributed by atoms with Crippen molar-refractivity contribution in [1.29, 1.82) is 0 Å². The number of hydrogen-bond acceptors (Lipinski definition) is 5. The van der Waals surface area contributed by atoms with E-state index in [2.05, 4.69) is 5.32 Å². The lowest BCUT2D eigenvalue weighted by Gasteiger charge is -2.11. The minimum absolute atomic E-state index is 0.0110. The molecule has 0 aliphatic heterocycles. The Bertz CT molecular complexity index is 730. The summed E-state index contributed by atoms with van der Waals surface area (Å²) < 4.78 is 23.0. The van der Waals surface area contributed by atoms with Gasteiger partial charge in [0.05, 0.1) is 0 Å². The van der Waals surface area contributed by atoms with E-state index in [0.717, 1.165) is 0 Å². The first-order valence-corrected chi connectivity index (χ1v) is 7.13. The molecule has 6 nitrogen and oxygen atoms in total. The number of benzene rings is 2. The second-order valence-electron chi connectivity index (χ2n) is 4.84. The van der Waals surface area contributed by atoms with Gasteiger partial charge < -0.3 is 19.9 Å². The molecule has 0 radical (unpaired) electrons. The number of anilines is 1. The number of hydrogen-bond donors (Lipinski definition) is 2. The van der Waals surface area contributed by atoms with E-state index in [1.807, 2.05) is 0 Å². The second kappa shape index (κ2) is 7.96. The molecule has 7 heteroatoms. The normalized spacial score (nSPS) is 10.1. The van der Waals surface area contributed by atoms with E-state index in [-0.39, 0.29) is 17.1 Å². The molecule has 0 aliphatic carbocycles. The lowest BCUT2D eigenvalue weighted by Crippen LogP contribution is -2.13. The highest BCUT2D eigenvalue weighted by Crippen LogP contribution is 2.23. The zero-order valence-corrected chi connectivity index (χ0v) is 12.9. The van der Waals surface area contributed by atoms with Gasteiger partial charge in [0.1, 0.15) is 29.5 Å². The Kier molecular flexibility index (Phi) is 5.73. The summed E-state index contributed by atoms with van der Waals surface area (Å²) in [7, 11) is 0. The van der Waals surface area contributed by atoms with E-state index < -0.39 is 11.9 Å². The van der Waals surface area contributed by atoms with Crippen LogP contribution < -0.4 is 14.8 Å². The summed E-state index contributed by atoms with van der Waals surface area (Å²) in [6.07, 6.45) is 0. The summed E-state index contributed by atoms with van der Waals surface area (Å²) in [6.45, 7) is 1.91. The van der Waals surface area contributed by atoms with Crippen LogP contribution in [-0.4, -0.2) is 30.2 Å². The van der Waals surface area contributed by atoms with Crippen molar-refractivity contribution >= 4 is 17.6 Å². The Morgan fingerprint density at radius 2 is 1.88 bits per heavy atom. The quantitative estimate of drug-likeness (QED) is 0.460. The third-order valence-corrected chi connectivity index (χ3v) is 2.98. The fourth-order valence-electron chi connectivity index (χ4n) is 1.95. The van der Waals surface area contributed by atoms with Gasteiger partial charge in [-0.3, -0.25) is 4.79 Å². The van der Waals surface area contributed by atoms with Gasteiger partial charge in [0, 0.05) is 19.2 Å². The maximum Gasteiger partial charge on any atom is 0.339 e. The Hall–Kier alpha value is -3.09. The van der Waals surface area contributed by atoms with Gasteiger partial charge in [-0.1, -0.05) is 0 Å². The Morgan fingerprint density at radius 3 is 2.50 bits per heavy atom. The minimum atomic E-state index is -1.20. The first-order valence-electron chi connectivity index (χ1n) is 7.13. The van der Waals surface area contributed by atoms with Gasteiger partial charge in [0.2, 0.25) is 0 Å². The van der Waals surface area contributed by atoms with E-state index in [1.54, 1.807) is 6.07 Å². The van der Waals surface area contributed by atoms with Crippen LogP contribution in [0.5, 0.6) is 11.5 Å². The Balaban J connectivity index is 1.92. The van der Waals surface area contributed by atoms with Crippen LogP contribution >= 0.6 is 0 Å². The maximum atomic E-state index is 12.8. The predicted octanol–water partition coefficient (Wildman–Crippen LogP) is 2.94. The highest BCUT2D eigenvalue weighted by atomic mass is 19.1. The van der Waals surface area contributed by atoms with Crippen molar-refractivity contribution in [1.82, 2.24) is 0 Å². The number of carboxylic acid groups (broad SMARTS) is 1. The lowest BCUT2D eigenvalue weighted by molar-refractivity contribution is -0.131. The highest BCUT2D eigenvalue weighted by molar-refractivity contribution is 5.93. The molecule has 0 saturated carbocycles. The highest BCUT2D eigenvalue weighted by Gasteiger charge is 2.13. The number of carbonyl (C=O) groups is 2. The molecule has 0 bridgehead atoms. The molecule has 0 fully saturated rings. The smallest absolute Gasteiger partial charge is 0.339 e. The van der Waals surface area contributed by atoms with Crippen molar-refractivity contribution < 1.29 is 28.6 Å². The summed E-state index contributed by atoms with van der Waals surface area (Å²) in [4.78, 5) is 22.2. The first kappa shape index (κ1) is 17.3. The van der Waals surface area contributed by atoms with Crippen LogP contribution in [0.3, 0.4) is 0 Å². The summed E-state index contributed by atoms with van der Waals surface area (Å²) in [5.74, 6) is -1.60. The van der Waals surface area contributed by atoms with E-state index in [0.29, 0.717) is 24.6 Å². The summed E-state index contributed by atoms with van der Waals surface area (Å²) in [5, 5.41) is 12.2. The number of carboxylic acids is 1. The molecule has 2 rings (SSSR count). The van der Waals surface area contributed by atoms with Crippen LogP contribution in [0.2, 0.25) is 0 Å². The van der Waals surface area contributed by atoms with Crippen molar-refractivity contribution in [3.63, 3.8) is 0 Å². The molecular formula is C17H16FNO5. The average Bonchev–Trinajstić information content (AvgIpc) is 2.53. The SMILES string of the molecule is CC(=O)Oc1ccc(NCCOc2ccc(F)cc2)cc1C(=O)O. The van der Waals surface area contributed by atoms with Gasteiger partial charge in [0.15, 0.2) is 0 Å². The lowest BCUT2D eigenvalue weighted by atomic mass is 10.1. The van der Waals surface area contributed by atoms with Gasteiger partial charge in [0.25, 0.3) is 0 Å². The fraction of sp³-hybridized carbons (Fsp3) is 0.176. The van der Waals surface area contributed by atoms with Gasteiger partial charge in [-0.05, 0) is 42.5 Å². The van der Waals surface area contributed by atoms with Crippen molar-refractivity contribution in [3.8, 4) is 11.5 Å². The zero-order valence-electron chi connectivity index (χ0n) is 12.9. The molecule has 2 aromatic rings. The zero-order chi connectivity index (χ0) is 17.5. The molecule has 126 valence electrons. The number of ether oxygens (including phenoxy) is 2. The molecule has 0 saturated heterocycles. The molecule has 0 heterocycles. The molecule has 0 aromatic heterocycles. The number of esters is 1. The topological polar surface area (TPSA) is 84.9 Å². The number of carbonyl (C=O) groups excluding carboxylic acids is 1. The van der Waals surface area contributed by atoms with Crippen LogP contribution in [0.1, 0.15) is 17.3 Å². The molecular weight excluding hydrogens is 317 g/mol.